The molecule has 0 amide bonds. The van der Waals surface area contributed by atoms with E-state index in [9.17, 15) is 13.6 Å². The Morgan fingerprint density at radius 3 is 2.62 bits per heavy atom. The highest BCUT2D eigenvalue weighted by atomic mass is 35.5. The molecule has 1 rings (SSSR count). The predicted molar refractivity (Wildman–Crippen MR) is 45.1 cm³/mol. The number of alkyl halides is 2. The molecule has 0 aromatic heterocycles. The van der Waals surface area contributed by atoms with Crippen molar-refractivity contribution in [2.24, 2.45) is 5.73 Å². The SMILES string of the molecule is Cl.N[C@H]1CC(C(=O)O)=CCC1(F)F. The molecular formula is C7H10ClF2NO2. The zero-order valence-corrected chi connectivity index (χ0v) is 7.48. The molecule has 0 aromatic rings. The van der Waals surface area contributed by atoms with Crippen LogP contribution in [0.4, 0.5) is 8.78 Å². The molecule has 76 valence electrons. The zero-order chi connectivity index (χ0) is 9.35. The molecule has 0 saturated heterocycles. The second kappa shape index (κ2) is 4.02. The largest absolute Gasteiger partial charge is 0.478 e. The molecule has 1 aliphatic carbocycles. The lowest BCUT2D eigenvalue weighted by atomic mass is 9.92. The quantitative estimate of drug-likeness (QED) is 0.688. The molecule has 3 N–H and O–H groups in total. The Bertz CT molecular complexity index is 243. The molecule has 0 heterocycles. The first-order valence-corrected chi connectivity index (χ1v) is 3.49. The third-order valence-electron chi connectivity index (χ3n) is 1.88. The molecule has 0 aliphatic heterocycles. The van der Waals surface area contributed by atoms with Gasteiger partial charge in [0.25, 0.3) is 5.92 Å². The van der Waals surface area contributed by atoms with Crippen LogP contribution in [0.25, 0.3) is 0 Å². The van der Waals surface area contributed by atoms with Gasteiger partial charge in [-0.15, -0.1) is 12.4 Å². The molecule has 0 fully saturated rings. The van der Waals surface area contributed by atoms with Crippen molar-refractivity contribution in [2.75, 3.05) is 0 Å². The topological polar surface area (TPSA) is 63.3 Å². The van der Waals surface area contributed by atoms with E-state index in [1.165, 1.54) is 0 Å². The fourth-order valence-electron chi connectivity index (χ4n) is 1.05. The summed E-state index contributed by atoms with van der Waals surface area (Å²) in [6.45, 7) is 0. The van der Waals surface area contributed by atoms with E-state index in [2.05, 4.69) is 0 Å². The van der Waals surface area contributed by atoms with Crippen LogP contribution in [0.1, 0.15) is 12.8 Å². The Labute approximate surface area is 80.0 Å². The first-order chi connectivity index (χ1) is 5.43. The molecule has 0 bridgehead atoms. The molecule has 13 heavy (non-hydrogen) atoms. The van der Waals surface area contributed by atoms with Gasteiger partial charge in [-0.3, -0.25) is 0 Å². The van der Waals surface area contributed by atoms with Crippen LogP contribution in [-0.2, 0) is 4.79 Å². The van der Waals surface area contributed by atoms with Crippen molar-refractivity contribution in [2.45, 2.75) is 24.8 Å². The van der Waals surface area contributed by atoms with Crippen LogP contribution >= 0.6 is 12.4 Å². The monoisotopic (exact) mass is 213 g/mol. The van der Waals surface area contributed by atoms with Gasteiger partial charge in [0, 0.05) is 18.4 Å². The minimum absolute atomic E-state index is 0. The van der Waals surface area contributed by atoms with E-state index in [4.69, 9.17) is 10.8 Å². The number of carboxylic acids is 1. The number of hydrogen-bond acceptors (Lipinski definition) is 2. The maximum absolute atomic E-state index is 12.7. The molecular weight excluding hydrogens is 204 g/mol. The van der Waals surface area contributed by atoms with Gasteiger partial charge in [-0.1, -0.05) is 6.08 Å². The summed E-state index contributed by atoms with van der Waals surface area (Å²) in [7, 11) is 0. The standard InChI is InChI=1S/C7H9F2NO2.ClH/c8-7(9)2-1-4(6(11)12)3-5(7)10;/h1,5H,2-3,10H2,(H,11,12);1H/t5-;/m0./s1. The highest BCUT2D eigenvalue weighted by Gasteiger charge is 2.40. The smallest absolute Gasteiger partial charge is 0.331 e. The molecule has 6 heteroatoms. The summed E-state index contributed by atoms with van der Waals surface area (Å²) in [6, 6.07) is -1.37. The molecule has 1 aliphatic rings. The summed E-state index contributed by atoms with van der Waals surface area (Å²) < 4.78 is 25.3. The number of carbonyl (C=O) groups is 1. The Morgan fingerprint density at radius 2 is 2.23 bits per heavy atom. The van der Waals surface area contributed by atoms with Crippen LogP contribution in [0, 0.1) is 0 Å². The Balaban J connectivity index is 0.00000144. The van der Waals surface area contributed by atoms with E-state index in [1.54, 1.807) is 0 Å². The number of nitrogens with two attached hydrogens (primary N) is 1. The van der Waals surface area contributed by atoms with Crippen molar-refractivity contribution in [3.8, 4) is 0 Å². The van der Waals surface area contributed by atoms with Gasteiger partial charge < -0.3 is 10.8 Å². The summed E-state index contributed by atoms with van der Waals surface area (Å²) >= 11 is 0. The van der Waals surface area contributed by atoms with Gasteiger partial charge in [-0.2, -0.15) is 0 Å². The minimum Gasteiger partial charge on any atom is -0.478 e. The minimum atomic E-state index is -2.96. The number of rotatable bonds is 1. The van der Waals surface area contributed by atoms with E-state index in [0.29, 0.717) is 0 Å². The van der Waals surface area contributed by atoms with Crippen LogP contribution in [0.2, 0.25) is 0 Å². The lowest BCUT2D eigenvalue weighted by Gasteiger charge is -2.26. The van der Waals surface area contributed by atoms with Crippen molar-refractivity contribution >= 4 is 18.4 Å². The number of allylic oxidation sites excluding steroid dienone is 1. The third-order valence-corrected chi connectivity index (χ3v) is 1.88. The van der Waals surface area contributed by atoms with Crippen molar-refractivity contribution < 1.29 is 18.7 Å². The average molecular weight is 214 g/mol. The van der Waals surface area contributed by atoms with Gasteiger partial charge in [0.2, 0.25) is 0 Å². The van der Waals surface area contributed by atoms with Gasteiger partial charge >= 0.3 is 5.97 Å². The zero-order valence-electron chi connectivity index (χ0n) is 6.67. The van der Waals surface area contributed by atoms with Crippen LogP contribution in [-0.4, -0.2) is 23.0 Å². The van der Waals surface area contributed by atoms with Crippen LogP contribution in [0.5, 0.6) is 0 Å². The Morgan fingerprint density at radius 1 is 1.69 bits per heavy atom. The number of aliphatic carboxylic acids is 1. The number of hydrogen-bond donors (Lipinski definition) is 2. The highest BCUT2D eigenvalue weighted by molar-refractivity contribution is 5.86. The molecule has 0 unspecified atom stereocenters. The first kappa shape index (κ1) is 12.3. The van der Waals surface area contributed by atoms with E-state index < -0.39 is 24.4 Å². The van der Waals surface area contributed by atoms with Crippen LogP contribution < -0.4 is 5.73 Å². The molecule has 1 atom stereocenters. The second-order valence-corrected chi connectivity index (χ2v) is 2.81. The summed E-state index contributed by atoms with van der Waals surface area (Å²) in [5.74, 6) is -4.13. The number of halogens is 3. The third kappa shape index (κ3) is 2.63. The summed E-state index contributed by atoms with van der Waals surface area (Å²) in [6.07, 6.45) is 0.198. The highest BCUT2D eigenvalue weighted by Crippen LogP contribution is 2.31. The normalized spacial score (nSPS) is 25.8. The van der Waals surface area contributed by atoms with Crippen molar-refractivity contribution in [3.05, 3.63) is 11.6 Å². The lowest BCUT2D eigenvalue weighted by Crippen LogP contribution is -2.43. The van der Waals surface area contributed by atoms with Gasteiger partial charge in [0.15, 0.2) is 0 Å². The molecule has 3 nitrogen and oxygen atoms in total. The second-order valence-electron chi connectivity index (χ2n) is 2.81. The van der Waals surface area contributed by atoms with Gasteiger partial charge in [0.05, 0.1) is 6.04 Å². The van der Waals surface area contributed by atoms with Crippen molar-refractivity contribution in [1.29, 1.82) is 0 Å². The van der Waals surface area contributed by atoms with E-state index >= 15 is 0 Å². The summed E-state index contributed by atoms with van der Waals surface area (Å²) in [5, 5.41) is 8.46. The van der Waals surface area contributed by atoms with E-state index in [-0.39, 0.29) is 24.4 Å². The van der Waals surface area contributed by atoms with Gasteiger partial charge in [-0.05, 0) is 0 Å². The summed E-state index contributed by atoms with van der Waals surface area (Å²) in [5.41, 5.74) is 5.07. The van der Waals surface area contributed by atoms with Crippen molar-refractivity contribution in [3.63, 3.8) is 0 Å². The maximum Gasteiger partial charge on any atom is 0.331 e. The fourth-order valence-corrected chi connectivity index (χ4v) is 1.05. The Hall–Kier alpha value is -0.680. The Kier molecular flexibility index (Phi) is 3.81. The number of carboxylic acid groups (broad SMARTS) is 1. The first-order valence-electron chi connectivity index (χ1n) is 3.49. The van der Waals surface area contributed by atoms with E-state index in [1.807, 2.05) is 0 Å². The van der Waals surface area contributed by atoms with Crippen LogP contribution in [0.15, 0.2) is 11.6 Å². The molecule has 0 spiro atoms. The van der Waals surface area contributed by atoms with Gasteiger partial charge in [0.1, 0.15) is 0 Å². The summed E-state index contributed by atoms with van der Waals surface area (Å²) in [4.78, 5) is 10.3. The molecule has 0 aromatic carbocycles. The van der Waals surface area contributed by atoms with E-state index in [0.717, 1.165) is 6.08 Å². The fraction of sp³-hybridized carbons (Fsp3) is 0.571. The predicted octanol–water partition coefficient (Wildman–Crippen LogP) is 1.18. The maximum atomic E-state index is 12.7. The van der Waals surface area contributed by atoms with Crippen LogP contribution in [0.3, 0.4) is 0 Å². The van der Waals surface area contributed by atoms with Gasteiger partial charge in [-0.25, -0.2) is 13.6 Å². The van der Waals surface area contributed by atoms with Crippen molar-refractivity contribution in [1.82, 2.24) is 0 Å². The average Bonchev–Trinajstić information content (AvgIpc) is 1.94. The molecule has 0 radical (unpaired) electrons. The lowest BCUT2D eigenvalue weighted by molar-refractivity contribution is -0.133. The molecule has 0 saturated carbocycles.